The molecule has 0 saturated carbocycles. The molecule has 1 N–H and O–H groups in total. The van der Waals surface area contributed by atoms with E-state index in [2.05, 4.69) is 5.10 Å². The molecule has 2 aromatic rings. The van der Waals surface area contributed by atoms with Gasteiger partial charge in [-0.15, -0.1) is 0 Å². The summed E-state index contributed by atoms with van der Waals surface area (Å²) < 4.78 is 7.25. The van der Waals surface area contributed by atoms with Crippen molar-refractivity contribution in [1.29, 1.82) is 0 Å². The molecule has 1 aromatic heterocycles. The number of aromatic carboxylic acids is 1. The minimum atomic E-state index is -1.03. The third-order valence-electron chi connectivity index (χ3n) is 2.92. The molecular weight excluding hydrogens is 244 g/mol. The molecule has 1 heterocycles. The average molecular weight is 260 g/mol. The van der Waals surface area contributed by atoms with Gasteiger partial charge in [-0.05, 0) is 37.1 Å². The van der Waals surface area contributed by atoms with Crippen molar-refractivity contribution in [3.05, 3.63) is 46.8 Å². The molecule has 100 valence electrons. The first kappa shape index (κ1) is 13.1. The van der Waals surface area contributed by atoms with Gasteiger partial charge in [0.15, 0.2) is 5.69 Å². The number of rotatable bonds is 4. The summed E-state index contributed by atoms with van der Waals surface area (Å²) in [6, 6.07) is 7.50. The second-order valence-electron chi connectivity index (χ2n) is 4.51. The zero-order valence-corrected chi connectivity index (χ0v) is 11.2. The van der Waals surface area contributed by atoms with Gasteiger partial charge in [0.25, 0.3) is 0 Å². The smallest absolute Gasteiger partial charge is 0.356 e. The van der Waals surface area contributed by atoms with E-state index in [0.29, 0.717) is 6.61 Å². The molecule has 0 saturated heterocycles. The van der Waals surface area contributed by atoms with Crippen molar-refractivity contribution in [3.63, 3.8) is 0 Å². The molecule has 0 fully saturated rings. The first-order valence-corrected chi connectivity index (χ1v) is 5.93. The van der Waals surface area contributed by atoms with E-state index in [1.807, 2.05) is 32.0 Å². The van der Waals surface area contributed by atoms with Crippen molar-refractivity contribution in [2.24, 2.45) is 7.05 Å². The number of aryl methyl sites for hydroxylation is 3. The molecule has 0 bridgehead atoms. The summed E-state index contributed by atoms with van der Waals surface area (Å²) in [5, 5.41) is 12.8. The van der Waals surface area contributed by atoms with E-state index in [9.17, 15) is 4.79 Å². The number of aromatic nitrogens is 2. The number of benzene rings is 1. The van der Waals surface area contributed by atoms with Crippen molar-refractivity contribution in [2.45, 2.75) is 20.5 Å². The Kier molecular flexibility index (Phi) is 3.55. The zero-order chi connectivity index (χ0) is 14.0. The van der Waals surface area contributed by atoms with E-state index < -0.39 is 5.97 Å². The molecule has 0 aliphatic heterocycles. The van der Waals surface area contributed by atoms with Crippen LogP contribution in [0.15, 0.2) is 24.3 Å². The zero-order valence-electron chi connectivity index (χ0n) is 11.2. The van der Waals surface area contributed by atoms with Gasteiger partial charge in [-0.2, -0.15) is 5.10 Å². The minimum Gasteiger partial charge on any atom is -0.487 e. The maximum absolute atomic E-state index is 10.8. The first-order chi connectivity index (χ1) is 8.97. The lowest BCUT2D eigenvalue weighted by Gasteiger charge is -2.09. The van der Waals surface area contributed by atoms with Crippen LogP contribution >= 0.6 is 0 Å². The quantitative estimate of drug-likeness (QED) is 0.916. The number of carbonyl (C=O) groups is 1. The Bertz CT molecular complexity index is 617. The predicted octanol–water partition coefficient (Wildman–Crippen LogP) is 2.31. The van der Waals surface area contributed by atoms with E-state index >= 15 is 0 Å². The topological polar surface area (TPSA) is 64.3 Å². The molecule has 0 unspecified atom stereocenters. The van der Waals surface area contributed by atoms with Gasteiger partial charge in [0, 0.05) is 7.05 Å². The van der Waals surface area contributed by atoms with Crippen LogP contribution in [0.1, 0.15) is 27.3 Å². The third kappa shape index (κ3) is 2.93. The molecule has 1 aromatic carbocycles. The summed E-state index contributed by atoms with van der Waals surface area (Å²) in [5.74, 6) is -0.230. The Hall–Kier alpha value is -2.30. The van der Waals surface area contributed by atoms with E-state index in [1.54, 1.807) is 7.05 Å². The molecule has 0 spiro atoms. The van der Waals surface area contributed by atoms with Gasteiger partial charge < -0.3 is 9.84 Å². The Morgan fingerprint density at radius 2 is 2.11 bits per heavy atom. The summed E-state index contributed by atoms with van der Waals surface area (Å²) >= 11 is 0. The Morgan fingerprint density at radius 1 is 1.37 bits per heavy atom. The van der Waals surface area contributed by atoms with Gasteiger partial charge in [0.1, 0.15) is 12.4 Å². The summed E-state index contributed by atoms with van der Waals surface area (Å²) in [7, 11) is 1.70. The molecule has 5 heteroatoms. The maximum Gasteiger partial charge on any atom is 0.356 e. The number of ether oxygens (including phenoxy) is 1. The average Bonchev–Trinajstić information content (AvgIpc) is 2.72. The summed E-state index contributed by atoms with van der Waals surface area (Å²) in [5.41, 5.74) is 2.92. The number of hydrogen-bond acceptors (Lipinski definition) is 3. The molecule has 5 nitrogen and oxygen atoms in total. The molecule has 2 rings (SSSR count). The maximum atomic E-state index is 10.8. The minimum absolute atomic E-state index is 0.0297. The van der Waals surface area contributed by atoms with Crippen molar-refractivity contribution in [2.75, 3.05) is 0 Å². The van der Waals surface area contributed by atoms with Gasteiger partial charge in [-0.1, -0.05) is 12.1 Å². The van der Waals surface area contributed by atoms with Crippen LogP contribution in [0.3, 0.4) is 0 Å². The Morgan fingerprint density at radius 3 is 2.74 bits per heavy atom. The van der Waals surface area contributed by atoms with Gasteiger partial charge >= 0.3 is 5.97 Å². The molecular formula is C14H16N2O3. The lowest BCUT2D eigenvalue weighted by atomic mass is 10.1. The highest BCUT2D eigenvalue weighted by atomic mass is 16.5. The lowest BCUT2D eigenvalue weighted by molar-refractivity contribution is 0.0689. The van der Waals surface area contributed by atoms with Crippen LogP contribution < -0.4 is 4.74 Å². The number of nitrogens with zero attached hydrogens (tertiary/aromatic N) is 2. The predicted molar refractivity (Wildman–Crippen MR) is 70.4 cm³/mol. The highest BCUT2D eigenvalue weighted by Gasteiger charge is 2.11. The number of carboxylic acid groups (broad SMARTS) is 1. The van der Waals surface area contributed by atoms with Gasteiger partial charge in [0.2, 0.25) is 0 Å². The normalized spacial score (nSPS) is 10.5. The molecule has 0 aliphatic carbocycles. The van der Waals surface area contributed by atoms with Crippen molar-refractivity contribution in [1.82, 2.24) is 9.78 Å². The Labute approximate surface area is 111 Å². The highest BCUT2D eigenvalue weighted by molar-refractivity contribution is 5.85. The van der Waals surface area contributed by atoms with E-state index in [-0.39, 0.29) is 5.69 Å². The standard InChI is InChI=1S/C14H16N2O3/c1-9-4-5-10(2)13(6-9)19-8-11-7-12(14(17)18)15-16(11)3/h4-7H,8H2,1-3H3,(H,17,18). The van der Waals surface area contributed by atoms with Crippen LogP contribution in [0.5, 0.6) is 5.75 Å². The molecule has 0 aliphatic rings. The van der Waals surface area contributed by atoms with Crippen LogP contribution in [0, 0.1) is 13.8 Å². The first-order valence-electron chi connectivity index (χ1n) is 5.93. The second-order valence-corrected chi connectivity index (χ2v) is 4.51. The SMILES string of the molecule is Cc1ccc(C)c(OCc2cc(C(=O)O)nn2C)c1. The van der Waals surface area contributed by atoms with Crippen LogP contribution in [-0.4, -0.2) is 20.9 Å². The fourth-order valence-corrected chi connectivity index (χ4v) is 1.76. The van der Waals surface area contributed by atoms with Crippen LogP contribution in [0.2, 0.25) is 0 Å². The number of carboxylic acids is 1. The van der Waals surface area contributed by atoms with E-state index in [0.717, 1.165) is 22.6 Å². The monoisotopic (exact) mass is 260 g/mol. The summed E-state index contributed by atoms with van der Waals surface area (Å²) in [6.45, 7) is 4.26. The molecule has 19 heavy (non-hydrogen) atoms. The fraction of sp³-hybridized carbons (Fsp3) is 0.286. The molecule has 0 atom stereocenters. The lowest BCUT2D eigenvalue weighted by Crippen LogP contribution is -2.04. The second kappa shape index (κ2) is 5.14. The van der Waals surface area contributed by atoms with Crippen molar-refractivity contribution in [3.8, 4) is 5.75 Å². The fourth-order valence-electron chi connectivity index (χ4n) is 1.76. The number of hydrogen-bond donors (Lipinski definition) is 1. The summed E-state index contributed by atoms with van der Waals surface area (Å²) in [6.07, 6.45) is 0. The van der Waals surface area contributed by atoms with Crippen LogP contribution in [0.4, 0.5) is 0 Å². The van der Waals surface area contributed by atoms with Crippen molar-refractivity contribution < 1.29 is 14.6 Å². The van der Waals surface area contributed by atoms with E-state index in [4.69, 9.17) is 9.84 Å². The van der Waals surface area contributed by atoms with Gasteiger partial charge in [0.05, 0.1) is 5.69 Å². The van der Waals surface area contributed by atoms with Crippen molar-refractivity contribution >= 4 is 5.97 Å². The van der Waals surface area contributed by atoms with E-state index in [1.165, 1.54) is 10.7 Å². The summed E-state index contributed by atoms with van der Waals surface area (Å²) in [4.78, 5) is 10.8. The van der Waals surface area contributed by atoms with Crippen LogP contribution in [0.25, 0.3) is 0 Å². The molecule has 0 amide bonds. The highest BCUT2D eigenvalue weighted by Crippen LogP contribution is 2.20. The Balaban J connectivity index is 2.14. The largest absolute Gasteiger partial charge is 0.487 e. The van der Waals surface area contributed by atoms with Crippen LogP contribution in [-0.2, 0) is 13.7 Å². The molecule has 0 radical (unpaired) electrons. The van der Waals surface area contributed by atoms with Gasteiger partial charge in [-0.25, -0.2) is 4.79 Å². The third-order valence-corrected chi connectivity index (χ3v) is 2.92. The van der Waals surface area contributed by atoms with Gasteiger partial charge in [-0.3, -0.25) is 4.68 Å².